The Bertz CT molecular complexity index is 372. The van der Waals surface area contributed by atoms with E-state index in [1.54, 1.807) is 6.92 Å². The maximum absolute atomic E-state index is 12.5. The van der Waals surface area contributed by atoms with Crippen molar-refractivity contribution < 1.29 is 14.7 Å². The highest BCUT2D eigenvalue weighted by atomic mass is 16.4. The Morgan fingerprint density at radius 3 is 2.05 bits per heavy atom. The van der Waals surface area contributed by atoms with Gasteiger partial charge in [0.1, 0.15) is 6.04 Å². The molecule has 2 aliphatic heterocycles. The molecule has 2 heterocycles. The van der Waals surface area contributed by atoms with Crippen molar-refractivity contribution in [1.82, 2.24) is 14.7 Å². The van der Waals surface area contributed by atoms with Gasteiger partial charge in [0.05, 0.1) is 0 Å². The topological polar surface area (TPSA) is 64.1 Å². The molecule has 2 amide bonds. The minimum atomic E-state index is -0.795. The largest absolute Gasteiger partial charge is 0.480 e. The summed E-state index contributed by atoms with van der Waals surface area (Å²) in [4.78, 5) is 29.2. The summed E-state index contributed by atoms with van der Waals surface area (Å²) in [6, 6.07) is -0.338. The molecule has 0 spiro atoms. The van der Waals surface area contributed by atoms with Crippen molar-refractivity contribution in [1.29, 1.82) is 0 Å². The molecular formula is C15H27N3O3. The quantitative estimate of drug-likeness (QED) is 0.853. The highest BCUT2D eigenvalue weighted by Crippen LogP contribution is 2.21. The van der Waals surface area contributed by atoms with Crippen LogP contribution in [0.5, 0.6) is 0 Å². The molecule has 1 atom stereocenters. The summed E-state index contributed by atoms with van der Waals surface area (Å²) in [5, 5.41) is 9.03. The van der Waals surface area contributed by atoms with Gasteiger partial charge in [-0.1, -0.05) is 13.3 Å². The van der Waals surface area contributed by atoms with Crippen LogP contribution in [0, 0.1) is 5.92 Å². The van der Waals surface area contributed by atoms with Crippen LogP contribution in [0.1, 0.15) is 33.1 Å². The van der Waals surface area contributed by atoms with Crippen molar-refractivity contribution in [3.63, 3.8) is 0 Å². The van der Waals surface area contributed by atoms with Gasteiger partial charge in [-0.05, 0) is 25.7 Å². The Labute approximate surface area is 126 Å². The second kappa shape index (κ2) is 7.11. The molecule has 2 saturated heterocycles. The molecule has 2 aliphatic rings. The summed E-state index contributed by atoms with van der Waals surface area (Å²) in [6.07, 6.45) is 3.42. The van der Waals surface area contributed by atoms with E-state index in [1.165, 1.54) is 6.42 Å². The number of piperidine rings is 1. The lowest BCUT2D eigenvalue weighted by Gasteiger charge is -2.40. The average Bonchev–Trinajstić information content (AvgIpc) is 2.53. The van der Waals surface area contributed by atoms with Gasteiger partial charge in [0.15, 0.2) is 0 Å². The molecule has 0 bridgehead atoms. The van der Waals surface area contributed by atoms with Crippen LogP contribution in [0.15, 0.2) is 0 Å². The molecule has 0 saturated carbocycles. The number of urea groups is 1. The molecule has 1 N–H and O–H groups in total. The van der Waals surface area contributed by atoms with Crippen LogP contribution in [0.2, 0.25) is 0 Å². The second-order valence-electron chi connectivity index (χ2n) is 6.16. The number of nitrogens with zero attached hydrogens (tertiary/aromatic N) is 3. The minimum Gasteiger partial charge on any atom is -0.480 e. The smallest absolute Gasteiger partial charge is 0.320 e. The zero-order chi connectivity index (χ0) is 15.4. The number of carboxylic acids is 1. The summed E-state index contributed by atoms with van der Waals surface area (Å²) in [5.41, 5.74) is 0. The Morgan fingerprint density at radius 1 is 1.05 bits per heavy atom. The first-order valence-electron chi connectivity index (χ1n) is 8.03. The Balaban J connectivity index is 1.79. The fraction of sp³-hybridized carbons (Fsp3) is 0.867. The summed E-state index contributed by atoms with van der Waals surface area (Å²) in [7, 11) is 0. The summed E-state index contributed by atoms with van der Waals surface area (Å²) in [6.45, 7) is 8.19. The average molecular weight is 297 g/mol. The van der Waals surface area contributed by atoms with Crippen molar-refractivity contribution in [2.75, 3.05) is 39.3 Å². The number of hydrogen-bond acceptors (Lipinski definition) is 3. The van der Waals surface area contributed by atoms with Gasteiger partial charge in [0.25, 0.3) is 0 Å². The fourth-order valence-electron chi connectivity index (χ4n) is 3.19. The van der Waals surface area contributed by atoms with Gasteiger partial charge in [0, 0.05) is 39.3 Å². The van der Waals surface area contributed by atoms with E-state index >= 15 is 0 Å². The van der Waals surface area contributed by atoms with Crippen molar-refractivity contribution in [2.45, 2.75) is 39.2 Å². The number of piperazine rings is 1. The van der Waals surface area contributed by atoms with Gasteiger partial charge >= 0.3 is 12.0 Å². The van der Waals surface area contributed by atoms with E-state index in [0.29, 0.717) is 26.2 Å². The SMILES string of the molecule is CCC1CCN(C(=O)N2CCN(C(C)C(=O)O)CC2)CC1. The van der Waals surface area contributed by atoms with Crippen LogP contribution < -0.4 is 0 Å². The molecular weight excluding hydrogens is 270 g/mol. The van der Waals surface area contributed by atoms with E-state index in [4.69, 9.17) is 5.11 Å². The van der Waals surface area contributed by atoms with E-state index in [1.807, 2.05) is 14.7 Å². The molecule has 0 aromatic carbocycles. The first-order valence-corrected chi connectivity index (χ1v) is 8.03. The number of likely N-dealkylation sites (tertiary alicyclic amines) is 1. The number of hydrogen-bond donors (Lipinski definition) is 1. The third-order valence-electron chi connectivity index (χ3n) is 4.95. The number of amides is 2. The maximum Gasteiger partial charge on any atom is 0.320 e. The summed E-state index contributed by atoms with van der Waals surface area (Å²) in [5.74, 6) is -0.0290. The number of carbonyl (C=O) groups is 2. The molecule has 0 aromatic rings. The van der Waals surface area contributed by atoms with Crippen LogP contribution in [0.4, 0.5) is 4.79 Å². The minimum absolute atomic E-state index is 0.132. The van der Waals surface area contributed by atoms with Crippen LogP contribution in [-0.2, 0) is 4.79 Å². The zero-order valence-electron chi connectivity index (χ0n) is 13.1. The van der Waals surface area contributed by atoms with Crippen LogP contribution in [0.25, 0.3) is 0 Å². The zero-order valence-corrected chi connectivity index (χ0v) is 13.1. The lowest BCUT2D eigenvalue weighted by molar-refractivity contribution is -0.143. The van der Waals surface area contributed by atoms with Gasteiger partial charge in [-0.2, -0.15) is 0 Å². The summed E-state index contributed by atoms with van der Waals surface area (Å²) < 4.78 is 0. The third-order valence-corrected chi connectivity index (χ3v) is 4.95. The first-order chi connectivity index (χ1) is 10.0. The molecule has 6 heteroatoms. The lowest BCUT2D eigenvalue weighted by Crippen LogP contribution is -2.56. The number of aliphatic carboxylic acids is 1. The summed E-state index contributed by atoms with van der Waals surface area (Å²) >= 11 is 0. The Morgan fingerprint density at radius 2 is 1.57 bits per heavy atom. The highest BCUT2D eigenvalue weighted by molar-refractivity contribution is 5.75. The predicted molar refractivity (Wildman–Crippen MR) is 80.2 cm³/mol. The van der Waals surface area contributed by atoms with E-state index in [0.717, 1.165) is 31.8 Å². The van der Waals surface area contributed by atoms with Crippen molar-refractivity contribution in [3.05, 3.63) is 0 Å². The first kappa shape index (κ1) is 16.1. The molecule has 21 heavy (non-hydrogen) atoms. The van der Waals surface area contributed by atoms with E-state index < -0.39 is 12.0 Å². The van der Waals surface area contributed by atoms with E-state index in [-0.39, 0.29) is 6.03 Å². The molecule has 6 nitrogen and oxygen atoms in total. The predicted octanol–water partition coefficient (Wildman–Crippen LogP) is 1.32. The van der Waals surface area contributed by atoms with Crippen LogP contribution in [-0.4, -0.2) is 77.1 Å². The van der Waals surface area contributed by atoms with Crippen molar-refractivity contribution >= 4 is 12.0 Å². The van der Waals surface area contributed by atoms with Gasteiger partial charge in [-0.25, -0.2) is 4.79 Å². The molecule has 2 rings (SSSR count). The van der Waals surface area contributed by atoms with Gasteiger partial charge in [-0.3, -0.25) is 9.69 Å². The second-order valence-corrected chi connectivity index (χ2v) is 6.16. The number of carboxylic acid groups (broad SMARTS) is 1. The normalized spacial score (nSPS) is 23.1. The van der Waals surface area contributed by atoms with Crippen molar-refractivity contribution in [3.8, 4) is 0 Å². The fourth-order valence-corrected chi connectivity index (χ4v) is 3.19. The standard InChI is InChI=1S/C15H27N3O3/c1-3-13-4-6-17(7-5-13)15(21)18-10-8-16(9-11-18)12(2)14(19)20/h12-13H,3-11H2,1-2H3,(H,19,20). The Kier molecular flexibility index (Phi) is 5.45. The molecule has 120 valence electrons. The Hall–Kier alpha value is -1.30. The van der Waals surface area contributed by atoms with Gasteiger partial charge in [0.2, 0.25) is 0 Å². The highest BCUT2D eigenvalue weighted by Gasteiger charge is 2.30. The molecule has 1 unspecified atom stereocenters. The monoisotopic (exact) mass is 297 g/mol. The van der Waals surface area contributed by atoms with Gasteiger partial charge in [-0.15, -0.1) is 0 Å². The molecule has 2 fully saturated rings. The van der Waals surface area contributed by atoms with Gasteiger partial charge < -0.3 is 14.9 Å². The molecule has 0 aliphatic carbocycles. The van der Waals surface area contributed by atoms with E-state index in [9.17, 15) is 9.59 Å². The number of rotatable bonds is 3. The van der Waals surface area contributed by atoms with E-state index in [2.05, 4.69) is 6.92 Å². The van der Waals surface area contributed by atoms with Crippen molar-refractivity contribution in [2.24, 2.45) is 5.92 Å². The van der Waals surface area contributed by atoms with Crippen LogP contribution in [0.3, 0.4) is 0 Å². The maximum atomic E-state index is 12.5. The number of carbonyl (C=O) groups excluding carboxylic acids is 1. The van der Waals surface area contributed by atoms with Crippen LogP contribution >= 0.6 is 0 Å². The molecule has 0 radical (unpaired) electrons. The third kappa shape index (κ3) is 3.87. The lowest BCUT2D eigenvalue weighted by atomic mass is 9.95. The molecule has 0 aromatic heterocycles.